The zero-order chi connectivity index (χ0) is 16.1. The Morgan fingerprint density at radius 1 is 1.45 bits per heavy atom. The molecule has 1 aromatic heterocycles. The summed E-state index contributed by atoms with van der Waals surface area (Å²) < 4.78 is 13.4. The number of nitrogen functional groups attached to an aromatic ring is 1. The third-order valence-corrected chi connectivity index (χ3v) is 3.16. The van der Waals surface area contributed by atoms with Crippen molar-refractivity contribution in [2.45, 2.75) is 12.5 Å². The molecule has 0 bridgehead atoms. The van der Waals surface area contributed by atoms with Gasteiger partial charge in [-0.05, 0) is 42.3 Å². The first-order valence-corrected chi connectivity index (χ1v) is 6.63. The van der Waals surface area contributed by atoms with Crippen LogP contribution in [0.2, 0.25) is 0 Å². The van der Waals surface area contributed by atoms with E-state index in [1.807, 2.05) is 0 Å². The predicted octanol–water partition coefficient (Wildman–Crippen LogP) is 3.35. The van der Waals surface area contributed by atoms with Gasteiger partial charge in [-0.1, -0.05) is 6.08 Å². The van der Waals surface area contributed by atoms with Crippen LogP contribution >= 0.6 is 0 Å². The molecule has 0 aliphatic heterocycles. The number of nitrogens with zero attached hydrogens (tertiary/aromatic N) is 1. The van der Waals surface area contributed by atoms with Crippen LogP contribution in [0.5, 0.6) is 0 Å². The van der Waals surface area contributed by atoms with Gasteiger partial charge in [-0.15, -0.1) is 6.58 Å². The van der Waals surface area contributed by atoms with Crippen LogP contribution in [0, 0.1) is 5.82 Å². The number of carbonyl (C=O) groups is 1. The molecule has 1 atom stereocenters. The summed E-state index contributed by atoms with van der Waals surface area (Å²) in [6.45, 7) is 3.61. The van der Waals surface area contributed by atoms with Crippen LogP contribution in [0.25, 0.3) is 11.1 Å². The van der Waals surface area contributed by atoms with Crippen molar-refractivity contribution in [3.8, 4) is 11.1 Å². The fourth-order valence-corrected chi connectivity index (χ4v) is 2.15. The average Bonchev–Trinajstić information content (AvgIpc) is 2.49. The molecule has 0 spiro atoms. The number of amides is 1. The van der Waals surface area contributed by atoms with Crippen molar-refractivity contribution < 1.29 is 14.3 Å². The van der Waals surface area contributed by atoms with E-state index in [1.54, 1.807) is 18.2 Å². The standard InChI is InChI=1S/C16H16FN3O2/c1-2-3-14(20-16(21)22)15-8-10(6-7-19-15)12-9-11(17)4-5-13(12)18/h2,4-9,14,20H,1,3,18H2,(H,21,22). The quantitative estimate of drug-likeness (QED) is 0.583. The van der Waals surface area contributed by atoms with E-state index >= 15 is 0 Å². The maximum absolute atomic E-state index is 13.4. The van der Waals surface area contributed by atoms with Gasteiger partial charge in [-0.3, -0.25) is 4.98 Å². The molecule has 4 N–H and O–H groups in total. The molecule has 0 aliphatic rings. The van der Waals surface area contributed by atoms with Gasteiger partial charge in [0.2, 0.25) is 0 Å². The summed E-state index contributed by atoms with van der Waals surface area (Å²) in [4.78, 5) is 15.0. The minimum atomic E-state index is -1.15. The number of nitrogens with one attached hydrogen (secondary N) is 1. The lowest BCUT2D eigenvalue weighted by atomic mass is 10.0. The van der Waals surface area contributed by atoms with E-state index in [1.165, 1.54) is 24.4 Å². The van der Waals surface area contributed by atoms with Gasteiger partial charge in [-0.25, -0.2) is 9.18 Å². The summed E-state index contributed by atoms with van der Waals surface area (Å²) in [6, 6.07) is 6.97. The van der Waals surface area contributed by atoms with Crippen LogP contribution in [-0.2, 0) is 0 Å². The molecule has 0 saturated heterocycles. The van der Waals surface area contributed by atoms with Crippen molar-refractivity contribution in [3.63, 3.8) is 0 Å². The van der Waals surface area contributed by atoms with Crippen LogP contribution in [0.15, 0.2) is 49.2 Å². The summed E-state index contributed by atoms with van der Waals surface area (Å²) >= 11 is 0. The van der Waals surface area contributed by atoms with Crippen LogP contribution in [-0.4, -0.2) is 16.2 Å². The van der Waals surface area contributed by atoms with Crippen molar-refractivity contribution in [2.75, 3.05) is 5.73 Å². The number of rotatable bonds is 5. The molecule has 0 aliphatic carbocycles. The summed E-state index contributed by atoms with van der Waals surface area (Å²) in [6.07, 6.45) is 2.38. The number of hydrogen-bond acceptors (Lipinski definition) is 3. The van der Waals surface area contributed by atoms with Crippen molar-refractivity contribution in [1.82, 2.24) is 10.3 Å². The maximum Gasteiger partial charge on any atom is 0.405 e. The number of benzene rings is 1. The number of aromatic nitrogens is 1. The Bertz CT molecular complexity index is 704. The summed E-state index contributed by atoms with van der Waals surface area (Å²) in [5, 5.41) is 11.3. The number of anilines is 1. The van der Waals surface area contributed by atoms with Gasteiger partial charge in [0, 0.05) is 17.4 Å². The molecule has 1 heterocycles. The van der Waals surface area contributed by atoms with Gasteiger partial charge in [0.1, 0.15) is 5.82 Å². The molecule has 1 unspecified atom stereocenters. The van der Waals surface area contributed by atoms with Gasteiger partial charge >= 0.3 is 6.09 Å². The zero-order valence-corrected chi connectivity index (χ0v) is 11.8. The fraction of sp³-hybridized carbons (Fsp3) is 0.125. The van der Waals surface area contributed by atoms with Crippen molar-refractivity contribution in [2.24, 2.45) is 0 Å². The SMILES string of the molecule is C=CCC(NC(=O)O)c1cc(-c2cc(F)ccc2N)ccn1. The van der Waals surface area contributed by atoms with Gasteiger partial charge in [0.05, 0.1) is 11.7 Å². The third kappa shape index (κ3) is 3.60. The maximum atomic E-state index is 13.4. The number of nitrogens with two attached hydrogens (primary N) is 1. The first kappa shape index (κ1) is 15.5. The lowest BCUT2D eigenvalue weighted by molar-refractivity contribution is 0.189. The molecule has 6 heteroatoms. The normalized spacial score (nSPS) is 11.7. The molecule has 2 rings (SSSR count). The number of pyridine rings is 1. The topological polar surface area (TPSA) is 88.2 Å². The monoisotopic (exact) mass is 301 g/mol. The molecular formula is C16H16FN3O2. The third-order valence-electron chi connectivity index (χ3n) is 3.16. The minimum absolute atomic E-state index is 0.390. The predicted molar refractivity (Wildman–Crippen MR) is 82.8 cm³/mol. The Hall–Kier alpha value is -2.89. The van der Waals surface area contributed by atoms with Gasteiger partial charge in [0.25, 0.3) is 0 Å². The highest BCUT2D eigenvalue weighted by Crippen LogP contribution is 2.28. The lowest BCUT2D eigenvalue weighted by Crippen LogP contribution is -2.27. The van der Waals surface area contributed by atoms with Crippen LogP contribution in [0.1, 0.15) is 18.2 Å². The summed E-state index contributed by atoms with van der Waals surface area (Å²) in [5.41, 5.74) is 8.03. The van der Waals surface area contributed by atoms with Gasteiger partial charge < -0.3 is 16.2 Å². The summed E-state index contributed by atoms with van der Waals surface area (Å²) in [5.74, 6) is -0.395. The van der Waals surface area contributed by atoms with Crippen LogP contribution in [0.4, 0.5) is 14.9 Å². The number of halogens is 1. The Labute approximate surface area is 127 Å². The summed E-state index contributed by atoms with van der Waals surface area (Å²) in [7, 11) is 0. The molecular weight excluding hydrogens is 285 g/mol. The molecule has 0 saturated carbocycles. The number of hydrogen-bond donors (Lipinski definition) is 3. The highest BCUT2D eigenvalue weighted by Gasteiger charge is 2.15. The van der Waals surface area contributed by atoms with E-state index in [0.29, 0.717) is 28.9 Å². The Morgan fingerprint density at radius 2 is 2.23 bits per heavy atom. The Balaban J connectivity index is 2.42. The van der Waals surface area contributed by atoms with E-state index in [-0.39, 0.29) is 0 Å². The van der Waals surface area contributed by atoms with E-state index in [4.69, 9.17) is 10.8 Å². The molecule has 22 heavy (non-hydrogen) atoms. The van der Waals surface area contributed by atoms with E-state index < -0.39 is 18.0 Å². The molecule has 0 fully saturated rings. The molecule has 5 nitrogen and oxygen atoms in total. The van der Waals surface area contributed by atoms with Gasteiger partial charge in [-0.2, -0.15) is 0 Å². The first-order chi connectivity index (χ1) is 10.5. The lowest BCUT2D eigenvalue weighted by Gasteiger charge is -2.16. The average molecular weight is 301 g/mol. The van der Waals surface area contributed by atoms with E-state index in [2.05, 4.69) is 16.9 Å². The van der Waals surface area contributed by atoms with Crippen molar-refractivity contribution in [1.29, 1.82) is 0 Å². The molecule has 114 valence electrons. The molecule has 0 radical (unpaired) electrons. The Morgan fingerprint density at radius 3 is 2.91 bits per heavy atom. The Kier molecular flexibility index (Phi) is 4.73. The second kappa shape index (κ2) is 6.71. The zero-order valence-electron chi connectivity index (χ0n) is 11.8. The molecule has 2 aromatic rings. The van der Waals surface area contributed by atoms with E-state index in [0.717, 1.165) is 0 Å². The largest absolute Gasteiger partial charge is 0.465 e. The molecule has 1 aromatic carbocycles. The highest BCUT2D eigenvalue weighted by molar-refractivity contribution is 5.76. The highest BCUT2D eigenvalue weighted by atomic mass is 19.1. The van der Waals surface area contributed by atoms with E-state index in [9.17, 15) is 9.18 Å². The smallest absolute Gasteiger partial charge is 0.405 e. The van der Waals surface area contributed by atoms with Crippen LogP contribution < -0.4 is 11.1 Å². The van der Waals surface area contributed by atoms with Crippen molar-refractivity contribution in [3.05, 3.63) is 60.7 Å². The van der Waals surface area contributed by atoms with Gasteiger partial charge in [0.15, 0.2) is 0 Å². The number of carboxylic acid groups (broad SMARTS) is 1. The van der Waals surface area contributed by atoms with Crippen molar-refractivity contribution >= 4 is 11.8 Å². The molecule has 1 amide bonds. The minimum Gasteiger partial charge on any atom is -0.465 e. The fourth-order valence-electron chi connectivity index (χ4n) is 2.15. The van der Waals surface area contributed by atoms with Crippen LogP contribution in [0.3, 0.4) is 0 Å². The second-order valence-electron chi connectivity index (χ2n) is 4.73. The first-order valence-electron chi connectivity index (χ1n) is 6.63. The second-order valence-corrected chi connectivity index (χ2v) is 4.73.